The number of halogens is 1. The molecule has 1 unspecified atom stereocenters. The molecule has 0 bridgehead atoms. The van der Waals surface area contributed by atoms with Gasteiger partial charge < -0.3 is 5.32 Å². The number of nitrogens with one attached hydrogen (secondary N) is 1. The molecule has 1 saturated heterocycles. The molecule has 0 amide bonds. The molecule has 1 aromatic carbocycles. The maximum Gasteiger partial charge on any atom is 0.0406 e. The Morgan fingerprint density at radius 3 is 2.40 bits per heavy atom. The van der Waals surface area contributed by atoms with Crippen LogP contribution in [0.5, 0.6) is 0 Å². The summed E-state index contributed by atoms with van der Waals surface area (Å²) in [4.78, 5) is 2.60. The first-order valence-electron chi connectivity index (χ1n) is 7.95. The molecule has 1 atom stereocenters. The van der Waals surface area contributed by atoms with E-state index in [1.807, 2.05) is 12.1 Å². The second-order valence-corrected chi connectivity index (χ2v) is 6.83. The Hall–Kier alpha value is -0.570. The molecule has 3 heteroatoms. The Labute approximate surface area is 127 Å². The van der Waals surface area contributed by atoms with Crippen molar-refractivity contribution in [3.63, 3.8) is 0 Å². The van der Waals surface area contributed by atoms with Crippen LogP contribution in [0.4, 0.5) is 0 Å². The van der Waals surface area contributed by atoms with Crippen LogP contribution in [0.3, 0.4) is 0 Å². The Kier molecular flexibility index (Phi) is 4.65. The average Bonchev–Trinajstić information content (AvgIpc) is 3.30. The standard InChI is InChI=1S/C17H25ClN2/c1-13(15-4-6-16(18)7-5-15)20-10-8-17(9-11-20)19-12-14-2-3-14/h4-7,13-14,17,19H,2-3,8-12H2,1H3. The van der Waals surface area contributed by atoms with E-state index >= 15 is 0 Å². The van der Waals surface area contributed by atoms with Gasteiger partial charge in [-0.15, -0.1) is 0 Å². The molecule has 1 heterocycles. The lowest BCUT2D eigenvalue weighted by Crippen LogP contribution is -2.43. The molecular formula is C17H25ClN2. The molecule has 20 heavy (non-hydrogen) atoms. The van der Waals surface area contributed by atoms with Crippen LogP contribution in [-0.4, -0.2) is 30.6 Å². The Bertz CT molecular complexity index is 419. The summed E-state index contributed by atoms with van der Waals surface area (Å²) in [5, 5.41) is 4.57. The van der Waals surface area contributed by atoms with Crippen molar-refractivity contribution in [2.75, 3.05) is 19.6 Å². The second-order valence-electron chi connectivity index (χ2n) is 6.39. The van der Waals surface area contributed by atoms with Crippen molar-refractivity contribution >= 4 is 11.6 Å². The van der Waals surface area contributed by atoms with Crippen LogP contribution < -0.4 is 5.32 Å². The van der Waals surface area contributed by atoms with E-state index in [4.69, 9.17) is 11.6 Å². The van der Waals surface area contributed by atoms with Gasteiger partial charge >= 0.3 is 0 Å². The number of nitrogens with zero attached hydrogens (tertiary/aromatic N) is 1. The molecule has 1 aromatic rings. The molecular weight excluding hydrogens is 268 g/mol. The van der Waals surface area contributed by atoms with Crippen molar-refractivity contribution in [2.24, 2.45) is 5.92 Å². The average molecular weight is 293 g/mol. The molecule has 1 aliphatic carbocycles. The molecule has 0 spiro atoms. The number of likely N-dealkylation sites (tertiary alicyclic amines) is 1. The summed E-state index contributed by atoms with van der Waals surface area (Å²) in [5.74, 6) is 0.987. The van der Waals surface area contributed by atoms with Gasteiger partial charge in [-0.1, -0.05) is 23.7 Å². The van der Waals surface area contributed by atoms with Gasteiger partial charge in [0.2, 0.25) is 0 Å². The lowest BCUT2D eigenvalue weighted by molar-refractivity contribution is 0.152. The fourth-order valence-corrected chi connectivity index (χ4v) is 3.22. The monoisotopic (exact) mass is 292 g/mol. The normalized spacial score (nSPS) is 22.9. The molecule has 2 nitrogen and oxygen atoms in total. The van der Waals surface area contributed by atoms with Gasteiger partial charge in [0.05, 0.1) is 0 Å². The van der Waals surface area contributed by atoms with Gasteiger partial charge in [-0.05, 0) is 62.8 Å². The zero-order chi connectivity index (χ0) is 13.9. The first kappa shape index (κ1) is 14.4. The molecule has 1 aliphatic heterocycles. The third-order valence-corrected chi connectivity index (χ3v) is 5.07. The van der Waals surface area contributed by atoms with Crippen molar-refractivity contribution < 1.29 is 0 Å². The number of benzene rings is 1. The van der Waals surface area contributed by atoms with E-state index in [1.165, 1.54) is 50.9 Å². The van der Waals surface area contributed by atoms with Crippen LogP contribution in [0.1, 0.15) is 44.2 Å². The third-order valence-electron chi connectivity index (χ3n) is 4.82. The Morgan fingerprint density at radius 1 is 1.15 bits per heavy atom. The first-order chi connectivity index (χ1) is 9.72. The smallest absolute Gasteiger partial charge is 0.0406 e. The highest BCUT2D eigenvalue weighted by Crippen LogP contribution is 2.29. The minimum atomic E-state index is 0.497. The first-order valence-corrected chi connectivity index (χ1v) is 8.33. The van der Waals surface area contributed by atoms with Crippen molar-refractivity contribution in [3.05, 3.63) is 34.9 Å². The summed E-state index contributed by atoms with van der Waals surface area (Å²) in [7, 11) is 0. The third kappa shape index (κ3) is 3.75. The summed E-state index contributed by atoms with van der Waals surface area (Å²) >= 11 is 5.96. The van der Waals surface area contributed by atoms with Crippen LogP contribution in [0, 0.1) is 5.92 Å². The SMILES string of the molecule is CC(c1ccc(Cl)cc1)N1CCC(NCC2CC2)CC1. The van der Waals surface area contributed by atoms with Gasteiger partial charge in [-0.25, -0.2) is 0 Å². The summed E-state index contributed by atoms with van der Waals surface area (Å²) in [6, 6.07) is 9.55. The molecule has 2 aliphatic rings. The molecule has 2 fully saturated rings. The molecule has 1 N–H and O–H groups in total. The minimum Gasteiger partial charge on any atom is -0.314 e. The summed E-state index contributed by atoms with van der Waals surface area (Å²) in [6.45, 7) is 5.96. The maximum absolute atomic E-state index is 5.96. The van der Waals surface area contributed by atoms with Gasteiger partial charge in [0.25, 0.3) is 0 Å². The van der Waals surface area contributed by atoms with E-state index in [-0.39, 0.29) is 0 Å². The van der Waals surface area contributed by atoms with Crippen molar-refractivity contribution in [3.8, 4) is 0 Å². The molecule has 0 radical (unpaired) electrons. The summed E-state index contributed by atoms with van der Waals surface area (Å²) in [6.07, 6.45) is 5.45. The minimum absolute atomic E-state index is 0.497. The predicted molar refractivity (Wildman–Crippen MR) is 85.2 cm³/mol. The van der Waals surface area contributed by atoms with Crippen molar-refractivity contribution in [1.29, 1.82) is 0 Å². The predicted octanol–water partition coefficient (Wildman–Crippen LogP) is 3.87. The van der Waals surface area contributed by atoms with Gasteiger partial charge in [0.1, 0.15) is 0 Å². The van der Waals surface area contributed by atoms with Crippen LogP contribution in [-0.2, 0) is 0 Å². The Balaban J connectivity index is 1.47. The van der Waals surface area contributed by atoms with E-state index < -0.39 is 0 Å². The van der Waals surface area contributed by atoms with E-state index in [9.17, 15) is 0 Å². The van der Waals surface area contributed by atoms with Crippen LogP contribution in [0.25, 0.3) is 0 Å². The van der Waals surface area contributed by atoms with Crippen LogP contribution in [0.2, 0.25) is 5.02 Å². The lowest BCUT2D eigenvalue weighted by Gasteiger charge is -2.36. The maximum atomic E-state index is 5.96. The molecule has 0 aromatic heterocycles. The van der Waals surface area contributed by atoms with Crippen LogP contribution in [0.15, 0.2) is 24.3 Å². The highest BCUT2D eigenvalue weighted by molar-refractivity contribution is 6.30. The van der Waals surface area contributed by atoms with E-state index in [1.54, 1.807) is 0 Å². The highest BCUT2D eigenvalue weighted by Gasteiger charge is 2.26. The fraction of sp³-hybridized carbons (Fsp3) is 0.647. The van der Waals surface area contributed by atoms with Crippen molar-refractivity contribution in [1.82, 2.24) is 10.2 Å². The highest BCUT2D eigenvalue weighted by atomic mass is 35.5. The number of piperidine rings is 1. The number of hydrogen-bond donors (Lipinski definition) is 1. The van der Waals surface area contributed by atoms with Gasteiger partial charge in [0, 0.05) is 30.2 Å². The Morgan fingerprint density at radius 2 is 1.80 bits per heavy atom. The zero-order valence-electron chi connectivity index (χ0n) is 12.3. The second kappa shape index (κ2) is 6.46. The largest absolute Gasteiger partial charge is 0.314 e. The quantitative estimate of drug-likeness (QED) is 0.886. The topological polar surface area (TPSA) is 15.3 Å². The van der Waals surface area contributed by atoms with Gasteiger partial charge in [-0.3, -0.25) is 4.90 Å². The lowest BCUT2D eigenvalue weighted by atomic mass is 10.00. The van der Waals surface area contributed by atoms with Crippen LogP contribution >= 0.6 is 11.6 Å². The van der Waals surface area contributed by atoms with E-state index in [0.717, 1.165) is 17.0 Å². The number of rotatable bonds is 5. The van der Waals surface area contributed by atoms with Gasteiger partial charge in [0.15, 0.2) is 0 Å². The summed E-state index contributed by atoms with van der Waals surface area (Å²) < 4.78 is 0. The zero-order valence-corrected chi connectivity index (χ0v) is 13.1. The van der Waals surface area contributed by atoms with E-state index in [0.29, 0.717) is 6.04 Å². The van der Waals surface area contributed by atoms with Gasteiger partial charge in [-0.2, -0.15) is 0 Å². The van der Waals surface area contributed by atoms with Crippen molar-refractivity contribution in [2.45, 2.75) is 44.7 Å². The summed E-state index contributed by atoms with van der Waals surface area (Å²) in [5.41, 5.74) is 1.37. The molecule has 1 saturated carbocycles. The molecule has 3 rings (SSSR count). The molecule has 110 valence electrons. The fourth-order valence-electron chi connectivity index (χ4n) is 3.10. The number of hydrogen-bond acceptors (Lipinski definition) is 2. The van der Waals surface area contributed by atoms with E-state index in [2.05, 4.69) is 29.3 Å².